The molecule has 0 N–H and O–H groups in total. The molecule has 0 aliphatic heterocycles. The van der Waals surface area contributed by atoms with Crippen LogP contribution in [0.3, 0.4) is 0 Å². The van der Waals surface area contributed by atoms with Crippen LogP contribution in [0.15, 0.2) is 24.3 Å². The van der Waals surface area contributed by atoms with Crippen LogP contribution in [0.1, 0.15) is 18.4 Å². The van der Waals surface area contributed by atoms with Gasteiger partial charge >= 0.3 is 0 Å². The van der Waals surface area contributed by atoms with Crippen LogP contribution in [0.5, 0.6) is 0 Å². The number of aryl methyl sites for hydroxylation is 2. The van der Waals surface area contributed by atoms with Crippen molar-refractivity contribution in [2.45, 2.75) is 19.2 Å². The van der Waals surface area contributed by atoms with Gasteiger partial charge in [0.2, 0.25) is 0 Å². The number of aromatic nitrogens is 4. The number of fused-ring (bicyclic) bond motifs is 1. The molecule has 0 saturated carbocycles. The summed E-state index contributed by atoms with van der Waals surface area (Å²) in [6.45, 7) is 2.07. The van der Waals surface area contributed by atoms with E-state index in [0.717, 1.165) is 34.8 Å². The van der Waals surface area contributed by atoms with Crippen LogP contribution in [0.25, 0.3) is 16.9 Å². The fraction of sp³-hybridized carbons (Fsp3) is 0.286. The Morgan fingerprint density at radius 1 is 1.20 bits per heavy atom. The SMILES string of the molecule is CCc1nn(C)c2c1nc(CCl)n2-c1ccc(Cl)cc1. The number of hydrogen-bond donors (Lipinski definition) is 0. The second kappa shape index (κ2) is 5.11. The van der Waals surface area contributed by atoms with Crippen LogP contribution in [0, 0.1) is 0 Å². The number of halogens is 2. The van der Waals surface area contributed by atoms with Crippen molar-refractivity contribution < 1.29 is 0 Å². The molecule has 6 heteroatoms. The maximum atomic E-state index is 6.05. The molecule has 20 heavy (non-hydrogen) atoms. The van der Waals surface area contributed by atoms with Crippen LogP contribution < -0.4 is 0 Å². The van der Waals surface area contributed by atoms with E-state index in [1.54, 1.807) is 0 Å². The molecule has 0 fully saturated rings. The maximum Gasteiger partial charge on any atom is 0.163 e. The second-order valence-electron chi connectivity index (χ2n) is 4.57. The van der Waals surface area contributed by atoms with Crippen LogP contribution >= 0.6 is 23.2 Å². The van der Waals surface area contributed by atoms with Gasteiger partial charge in [-0.25, -0.2) is 9.67 Å². The Morgan fingerprint density at radius 3 is 2.50 bits per heavy atom. The summed E-state index contributed by atoms with van der Waals surface area (Å²) in [5.41, 5.74) is 3.85. The number of imidazole rings is 1. The molecule has 0 spiro atoms. The molecule has 0 bridgehead atoms. The summed E-state index contributed by atoms with van der Waals surface area (Å²) in [5, 5.41) is 5.22. The molecule has 0 atom stereocenters. The Kier molecular flexibility index (Phi) is 3.44. The summed E-state index contributed by atoms with van der Waals surface area (Å²) in [7, 11) is 1.92. The van der Waals surface area contributed by atoms with Crippen molar-refractivity contribution in [3.8, 4) is 5.69 Å². The highest BCUT2D eigenvalue weighted by Gasteiger charge is 2.18. The molecule has 2 aromatic heterocycles. The van der Waals surface area contributed by atoms with Gasteiger partial charge in [-0.1, -0.05) is 18.5 Å². The standard InChI is InChI=1S/C14H14Cl2N4/c1-3-11-13-14(19(2)18-11)20(12(8-15)17-13)10-6-4-9(16)5-7-10/h4-7H,3,8H2,1-2H3. The van der Waals surface area contributed by atoms with Crippen molar-refractivity contribution in [3.05, 3.63) is 40.8 Å². The Morgan fingerprint density at radius 2 is 1.90 bits per heavy atom. The quantitative estimate of drug-likeness (QED) is 0.691. The van der Waals surface area contributed by atoms with Gasteiger partial charge in [-0.3, -0.25) is 4.57 Å². The third-order valence-corrected chi connectivity index (χ3v) is 3.80. The summed E-state index contributed by atoms with van der Waals surface area (Å²) in [6.07, 6.45) is 0.844. The first-order chi connectivity index (χ1) is 9.65. The van der Waals surface area contributed by atoms with Crippen molar-refractivity contribution in [2.75, 3.05) is 0 Å². The third-order valence-electron chi connectivity index (χ3n) is 3.31. The molecule has 0 radical (unpaired) electrons. The average molecular weight is 309 g/mol. The third kappa shape index (κ3) is 2.00. The Balaban J connectivity index is 2.32. The monoisotopic (exact) mass is 308 g/mol. The van der Waals surface area contributed by atoms with Crippen LogP contribution in [0.4, 0.5) is 0 Å². The topological polar surface area (TPSA) is 35.6 Å². The van der Waals surface area contributed by atoms with Gasteiger partial charge in [-0.15, -0.1) is 11.6 Å². The van der Waals surface area contributed by atoms with E-state index in [-0.39, 0.29) is 0 Å². The van der Waals surface area contributed by atoms with Crippen molar-refractivity contribution in [3.63, 3.8) is 0 Å². The van der Waals surface area contributed by atoms with E-state index in [0.29, 0.717) is 10.9 Å². The average Bonchev–Trinajstić information content (AvgIpc) is 2.97. The fourth-order valence-corrected chi connectivity index (χ4v) is 2.72. The summed E-state index contributed by atoms with van der Waals surface area (Å²) in [4.78, 5) is 4.64. The number of alkyl halides is 1. The first-order valence-electron chi connectivity index (χ1n) is 6.40. The normalized spacial score (nSPS) is 11.4. The van der Waals surface area contributed by atoms with Gasteiger partial charge in [-0.2, -0.15) is 5.10 Å². The molecule has 0 aliphatic rings. The summed E-state index contributed by atoms with van der Waals surface area (Å²) in [5.74, 6) is 1.16. The smallest absolute Gasteiger partial charge is 0.163 e. The lowest BCUT2D eigenvalue weighted by Crippen LogP contribution is -2.04. The van der Waals surface area contributed by atoms with Crippen molar-refractivity contribution in [1.82, 2.24) is 19.3 Å². The molecular formula is C14H14Cl2N4. The minimum atomic E-state index is 0.348. The lowest BCUT2D eigenvalue weighted by Gasteiger charge is -2.08. The molecule has 0 aliphatic carbocycles. The molecule has 2 heterocycles. The van der Waals surface area contributed by atoms with Gasteiger partial charge in [0.25, 0.3) is 0 Å². The van der Waals surface area contributed by atoms with Crippen LogP contribution in [-0.4, -0.2) is 19.3 Å². The van der Waals surface area contributed by atoms with Gasteiger partial charge in [0.15, 0.2) is 5.65 Å². The van der Waals surface area contributed by atoms with E-state index in [2.05, 4.69) is 17.0 Å². The lowest BCUT2D eigenvalue weighted by atomic mass is 10.3. The number of rotatable bonds is 3. The van der Waals surface area contributed by atoms with E-state index in [1.807, 2.05) is 40.6 Å². The molecule has 3 aromatic rings. The van der Waals surface area contributed by atoms with E-state index < -0.39 is 0 Å². The van der Waals surface area contributed by atoms with Gasteiger partial charge in [0.05, 0.1) is 11.6 Å². The second-order valence-corrected chi connectivity index (χ2v) is 5.27. The first-order valence-corrected chi connectivity index (χ1v) is 7.32. The number of nitrogens with zero attached hydrogens (tertiary/aromatic N) is 4. The highest BCUT2D eigenvalue weighted by molar-refractivity contribution is 6.30. The highest BCUT2D eigenvalue weighted by Crippen LogP contribution is 2.25. The van der Waals surface area contributed by atoms with E-state index in [4.69, 9.17) is 23.2 Å². The van der Waals surface area contributed by atoms with E-state index in [9.17, 15) is 0 Å². The lowest BCUT2D eigenvalue weighted by molar-refractivity contribution is 0.744. The van der Waals surface area contributed by atoms with Gasteiger partial charge in [0, 0.05) is 17.8 Å². The van der Waals surface area contributed by atoms with Crippen LogP contribution in [-0.2, 0) is 19.3 Å². The fourth-order valence-electron chi connectivity index (χ4n) is 2.41. The van der Waals surface area contributed by atoms with Crippen molar-refractivity contribution in [1.29, 1.82) is 0 Å². The van der Waals surface area contributed by atoms with Gasteiger partial charge in [-0.05, 0) is 30.7 Å². The van der Waals surface area contributed by atoms with Crippen LogP contribution in [0.2, 0.25) is 5.02 Å². The summed E-state index contributed by atoms with van der Waals surface area (Å²) < 4.78 is 3.89. The first kappa shape index (κ1) is 13.5. The summed E-state index contributed by atoms with van der Waals surface area (Å²) in [6, 6.07) is 7.63. The Bertz CT molecular complexity index is 756. The van der Waals surface area contributed by atoms with E-state index >= 15 is 0 Å². The molecular weight excluding hydrogens is 295 g/mol. The van der Waals surface area contributed by atoms with Gasteiger partial charge in [0.1, 0.15) is 11.3 Å². The minimum Gasteiger partial charge on any atom is -0.280 e. The number of hydrogen-bond acceptors (Lipinski definition) is 2. The zero-order valence-corrected chi connectivity index (χ0v) is 12.8. The Labute approximate surface area is 126 Å². The predicted octanol–water partition coefficient (Wildman–Crippen LogP) is 3.71. The van der Waals surface area contributed by atoms with E-state index in [1.165, 1.54) is 0 Å². The van der Waals surface area contributed by atoms with Gasteiger partial charge < -0.3 is 0 Å². The zero-order chi connectivity index (χ0) is 14.3. The highest BCUT2D eigenvalue weighted by atomic mass is 35.5. The molecule has 0 saturated heterocycles. The molecule has 3 rings (SSSR count). The molecule has 4 nitrogen and oxygen atoms in total. The number of benzene rings is 1. The Hall–Kier alpha value is -1.52. The van der Waals surface area contributed by atoms with Crippen molar-refractivity contribution in [2.24, 2.45) is 7.05 Å². The minimum absolute atomic E-state index is 0.348. The maximum absolute atomic E-state index is 6.05. The predicted molar refractivity (Wildman–Crippen MR) is 81.8 cm³/mol. The van der Waals surface area contributed by atoms with Crippen molar-refractivity contribution >= 4 is 34.4 Å². The molecule has 0 amide bonds. The summed E-state index contributed by atoms with van der Waals surface area (Å²) >= 11 is 12.0. The largest absolute Gasteiger partial charge is 0.280 e. The molecule has 1 aromatic carbocycles. The zero-order valence-electron chi connectivity index (χ0n) is 11.3. The molecule has 104 valence electrons. The molecule has 0 unspecified atom stereocenters.